The number of hydrogen-bond acceptors (Lipinski definition) is 0. The Bertz CT molecular complexity index is 238. The molecule has 0 radical (unpaired) electrons. The third kappa shape index (κ3) is 2.15. The number of halogens is 2. The first-order chi connectivity index (χ1) is 5.24. The first-order valence-electron chi connectivity index (χ1n) is 3.24. The van der Waals surface area contributed by atoms with Crippen LogP contribution >= 0.6 is 15.9 Å². The van der Waals surface area contributed by atoms with Crippen molar-refractivity contribution in [1.82, 2.24) is 0 Å². The van der Waals surface area contributed by atoms with Crippen molar-refractivity contribution in [3.63, 3.8) is 0 Å². The Kier molecular flexibility index (Phi) is 2.83. The maximum Gasteiger partial charge on any atom is 0.180 e. The molecule has 11 heavy (non-hydrogen) atoms. The lowest BCUT2D eigenvalue weighted by Gasteiger charge is -1.99. The fourth-order valence-electron chi connectivity index (χ4n) is 0.778. The lowest BCUT2D eigenvalue weighted by molar-refractivity contribution is 0.479. The maximum absolute atomic E-state index is 12.6. The molecule has 0 heterocycles. The summed E-state index contributed by atoms with van der Waals surface area (Å²) in [5.74, 6) is 0. The molecule has 1 aromatic rings. The second-order valence-electron chi connectivity index (χ2n) is 2.17. The highest BCUT2D eigenvalue weighted by Gasteiger charge is 2.01. The smallest absolute Gasteiger partial charge is 0.180 e. The van der Waals surface area contributed by atoms with Crippen molar-refractivity contribution < 1.29 is 4.39 Å². The lowest BCUT2D eigenvalue weighted by atomic mass is 10.1. The second kappa shape index (κ2) is 3.67. The predicted molar refractivity (Wildman–Crippen MR) is 49.3 cm³/mol. The summed E-state index contributed by atoms with van der Waals surface area (Å²) in [6.07, 6.45) is 1.73. The largest absolute Gasteiger partial charge is 0.230 e. The van der Waals surface area contributed by atoms with Gasteiger partial charge in [0, 0.05) is 0 Å². The van der Waals surface area contributed by atoms with E-state index >= 15 is 0 Å². The molecule has 1 aromatic carbocycles. The number of hydrogen-bond donors (Lipinski definition) is 0. The summed E-state index contributed by atoms with van der Waals surface area (Å²) in [5.41, 5.74) is 1.64. The van der Waals surface area contributed by atoms with Gasteiger partial charge in [-0.05, 0) is 27.1 Å². The molecule has 0 bridgehead atoms. The molecule has 58 valence electrons. The van der Waals surface area contributed by atoms with Gasteiger partial charge in [-0.25, -0.2) is 4.39 Å². The van der Waals surface area contributed by atoms with Crippen LogP contribution in [-0.4, -0.2) is 0 Å². The van der Waals surface area contributed by atoms with Crippen LogP contribution in [0.2, 0.25) is 0 Å². The zero-order chi connectivity index (χ0) is 8.27. The van der Waals surface area contributed by atoms with Gasteiger partial charge in [-0.2, -0.15) is 0 Å². The molecule has 2 heteroatoms. The van der Waals surface area contributed by atoms with Crippen molar-refractivity contribution in [1.29, 1.82) is 0 Å². The van der Waals surface area contributed by atoms with Crippen LogP contribution in [0, 0.1) is 0 Å². The van der Waals surface area contributed by atoms with E-state index in [2.05, 4.69) is 22.5 Å². The van der Waals surface area contributed by atoms with Gasteiger partial charge in [0.25, 0.3) is 0 Å². The van der Waals surface area contributed by atoms with Crippen LogP contribution in [0.15, 0.2) is 30.8 Å². The summed E-state index contributed by atoms with van der Waals surface area (Å²) in [6.45, 7) is 3.60. The van der Waals surface area contributed by atoms with Crippen molar-refractivity contribution in [2.45, 2.75) is 5.08 Å². The lowest BCUT2D eigenvalue weighted by Crippen LogP contribution is -1.80. The van der Waals surface area contributed by atoms with E-state index < -0.39 is 5.08 Å². The Morgan fingerprint density at radius 3 is 2.27 bits per heavy atom. The highest BCUT2D eigenvalue weighted by atomic mass is 79.9. The van der Waals surface area contributed by atoms with Crippen LogP contribution in [0.1, 0.15) is 16.2 Å². The highest BCUT2D eigenvalue weighted by molar-refractivity contribution is 9.09. The Labute approximate surface area is 73.9 Å². The Morgan fingerprint density at radius 1 is 1.36 bits per heavy atom. The molecular weight excluding hydrogens is 207 g/mol. The average molecular weight is 215 g/mol. The minimum absolute atomic E-state index is 0.635. The van der Waals surface area contributed by atoms with E-state index in [4.69, 9.17) is 0 Å². The van der Waals surface area contributed by atoms with Gasteiger partial charge in [-0.3, -0.25) is 0 Å². The van der Waals surface area contributed by atoms with E-state index in [9.17, 15) is 4.39 Å². The van der Waals surface area contributed by atoms with Gasteiger partial charge in [0.15, 0.2) is 5.08 Å². The Hall–Kier alpha value is -0.630. The average Bonchev–Trinajstić information content (AvgIpc) is 2.05. The monoisotopic (exact) mass is 214 g/mol. The molecule has 0 nitrogen and oxygen atoms in total. The van der Waals surface area contributed by atoms with Gasteiger partial charge >= 0.3 is 0 Å². The van der Waals surface area contributed by atoms with Crippen molar-refractivity contribution in [2.75, 3.05) is 0 Å². The quantitative estimate of drug-likeness (QED) is 0.660. The number of rotatable bonds is 2. The molecular formula is C9H8BrF. The van der Waals surface area contributed by atoms with Gasteiger partial charge in [0.1, 0.15) is 0 Å². The van der Waals surface area contributed by atoms with Gasteiger partial charge in [0.05, 0.1) is 0 Å². The van der Waals surface area contributed by atoms with Gasteiger partial charge in [0.2, 0.25) is 0 Å². The fraction of sp³-hybridized carbons (Fsp3) is 0.111. The SMILES string of the molecule is C=Cc1ccc(C(F)Br)cc1. The molecule has 0 aliphatic rings. The molecule has 0 saturated carbocycles. The van der Waals surface area contributed by atoms with E-state index in [1.54, 1.807) is 18.2 Å². The third-order valence-corrected chi connectivity index (χ3v) is 1.95. The summed E-state index contributed by atoms with van der Waals surface area (Å²) in [5, 5.41) is -1.07. The van der Waals surface area contributed by atoms with Crippen molar-refractivity contribution >= 4 is 22.0 Å². The Morgan fingerprint density at radius 2 is 1.91 bits per heavy atom. The van der Waals surface area contributed by atoms with Crippen molar-refractivity contribution in [2.24, 2.45) is 0 Å². The van der Waals surface area contributed by atoms with Crippen LogP contribution in [0.3, 0.4) is 0 Å². The molecule has 0 aliphatic carbocycles. The van der Waals surface area contributed by atoms with Crippen molar-refractivity contribution in [3.05, 3.63) is 42.0 Å². The number of alkyl halides is 2. The first kappa shape index (κ1) is 8.47. The molecule has 0 N–H and O–H groups in total. The third-order valence-electron chi connectivity index (χ3n) is 1.42. The molecule has 1 atom stereocenters. The normalized spacial score (nSPS) is 12.5. The second-order valence-corrected chi connectivity index (χ2v) is 2.98. The topological polar surface area (TPSA) is 0 Å². The summed E-state index contributed by atoms with van der Waals surface area (Å²) in [6, 6.07) is 7.12. The Balaban J connectivity index is 2.91. The van der Waals surface area contributed by atoms with E-state index in [0.29, 0.717) is 5.56 Å². The first-order valence-corrected chi connectivity index (χ1v) is 4.16. The molecule has 0 aliphatic heterocycles. The minimum Gasteiger partial charge on any atom is -0.230 e. The van der Waals surface area contributed by atoms with Crippen LogP contribution < -0.4 is 0 Å². The van der Waals surface area contributed by atoms with E-state index in [1.165, 1.54) is 0 Å². The molecule has 0 aromatic heterocycles. The summed E-state index contributed by atoms with van der Waals surface area (Å²) < 4.78 is 12.6. The molecule has 0 amide bonds. The predicted octanol–water partition coefficient (Wildman–Crippen LogP) is 3.69. The molecule has 0 fully saturated rings. The van der Waals surface area contributed by atoms with Crippen molar-refractivity contribution in [3.8, 4) is 0 Å². The zero-order valence-electron chi connectivity index (χ0n) is 5.93. The minimum atomic E-state index is -1.07. The van der Waals surface area contributed by atoms with E-state index in [-0.39, 0.29) is 0 Å². The van der Waals surface area contributed by atoms with Crippen LogP contribution in [0.5, 0.6) is 0 Å². The van der Waals surface area contributed by atoms with Crippen LogP contribution in [0.25, 0.3) is 6.08 Å². The van der Waals surface area contributed by atoms with Crippen LogP contribution in [0.4, 0.5) is 4.39 Å². The maximum atomic E-state index is 12.6. The summed E-state index contributed by atoms with van der Waals surface area (Å²) in [4.78, 5) is 0. The van der Waals surface area contributed by atoms with E-state index in [0.717, 1.165) is 5.56 Å². The molecule has 0 saturated heterocycles. The van der Waals surface area contributed by atoms with Gasteiger partial charge in [-0.1, -0.05) is 36.9 Å². The standard InChI is InChI=1S/C9H8BrF/c1-2-7-3-5-8(6-4-7)9(10)11/h2-6,9H,1H2. The molecule has 0 spiro atoms. The summed E-state index contributed by atoms with van der Waals surface area (Å²) in [7, 11) is 0. The molecule has 1 rings (SSSR count). The van der Waals surface area contributed by atoms with Gasteiger partial charge < -0.3 is 0 Å². The van der Waals surface area contributed by atoms with Crippen LogP contribution in [-0.2, 0) is 0 Å². The highest BCUT2D eigenvalue weighted by Crippen LogP contribution is 2.23. The van der Waals surface area contributed by atoms with E-state index in [1.807, 2.05) is 12.1 Å². The summed E-state index contributed by atoms with van der Waals surface area (Å²) >= 11 is 2.84. The fourth-order valence-corrected chi connectivity index (χ4v) is 1.08. The zero-order valence-corrected chi connectivity index (χ0v) is 7.51. The van der Waals surface area contributed by atoms with Gasteiger partial charge in [-0.15, -0.1) is 0 Å². The number of benzene rings is 1. The molecule has 1 unspecified atom stereocenters.